The van der Waals surface area contributed by atoms with Crippen molar-refractivity contribution in [1.82, 2.24) is 10.2 Å². The fourth-order valence-electron chi connectivity index (χ4n) is 1.62. The van der Waals surface area contributed by atoms with Crippen LogP contribution in [0.2, 0.25) is 0 Å². The Kier molecular flexibility index (Phi) is 6.22. The summed E-state index contributed by atoms with van der Waals surface area (Å²) in [5, 5.41) is 2.91. The van der Waals surface area contributed by atoms with Crippen LogP contribution in [0.5, 0.6) is 5.75 Å². The first-order valence-electron chi connectivity index (χ1n) is 6.20. The Bertz CT molecular complexity index is 378. The van der Waals surface area contributed by atoms with Gasteiger partial charge in [0, 0.05) is 12.1 Å². The van der Waals surface area contributed by atoms with Crippen LogP contribution in [0, 0.1) is 0 Å². The van der Waals surface area contributed by atoms with Gasteiger partial charge in [-0.1, -0.05) is 6.07 Å². The topological polar surface area (TPSA) is 41.6 Å². The summed E-state index contributed by atoms with van der Waals surface area (Å²) < 4.78 is 5.09. The van der Waals surface area contributed by atoms with Crippen LogP contribution in [0.4, 0.5) is 0 Å². The number of hydrogen-bond donors (Lipinski definition) is 1. The van der Waals surface area contributed by atoms with E-state index in [9.17, 15) is 4.79 Å². The Morgan fingerprint density at radius 3 is 2.78 bits per heavy atom. The van der Waals surface area contributed by atoms with Gasteiger partial charge in [0.05, 0.1) is 7.11 Å². The van der Waals surface area contributed by atoms with Crippen molar-refractivity contribution >= 4 is 5.91 Å². The smallest absolute Gasteiger partial charge is 0.251 e. The van der Waals surface area contributed by atoms with Gasteiger partial charge < -0.3 is 15.0 Å². The molecular formula is C14H22N2O2. The molecule has 4 nitrogen and oxygen atoms in total. The SMILES string of the molecule is COc1cccc(C(=O)NCCCCN(C)C)c1. The highest BCUT2D eigenvalue weighted by Crippen LogP contribution is 2.12. The van der Waals surface area contributed by atoms with Crippen molar-refractivity contribution in [2.45, 2.75) is 12.8 Å². The predicted molar refractivity (Wildman–Crippen MR) is 73.1 cm³/mol. The number of rotatable bonds is 7. The van der Waals surface area contributed by atoms with Crippen LogP contribution in [0.3, 0.4) is 0 Å². The van der Waals surface area contributed by atoms with Gasteiger partial charge in [-0.25, -0.2) is 0 Å². The summed E-state index contributed by atoms with van der Waals surface area (Å²) in [6, 6.07) is 7.18. The Morgan fingerprint density at radius 2 is 2.11 bits per heavy atom. The van der Waals surface area contributed by atoms with Crippen LogP contribution in [0.25, 0.3) is 0 Å². The van der Waals surface area contributed by atoms with Crippen molar-refractivity contribution in [3.63, 3.8) is 0 Å². The Balaban J connectivity index is 2.31. The summed E-state index contributed by atoms with van der Waals surface area (Å²) in [6.45, 7) is 1.76. The van der Waals surface area contributed by atoms with E-state index in [1.165, 1.54) is 0 Å². The summed E-state index contributed by atoms with van der Waals surface area (Å²) in [5.41, 5.74) is 0.641. The average molecular weight is 250 g/mol. The summed E-state index contributed by atoms with van der Waals surface area (Å²) in [6.07, 6.45) is 2.08. The third-order valence-electron chi connectivity index (χ3n) is 2.65. The first kappa shape index (κ1) is 14.5. The molecule has 1 amide bonds. The molecule has 18 heavy (non-hydrogen) atoms. The minimum absolute atomic E-state index is 0.0428. The van der Waals surface area contributed by atoms with Crippen molar-refractivity contribution in [2.24, 2.45) is 0 Å². The van der Waals surface area contributed by atoms with E-state index in [4.69, 9.17) is 4.74 Å². The van der Waals surface area contributed by atoms with Gasteiger partial charge in [-0.3, -0.25) is 4.79 Å². The van der Waals surface area contributed by atoms with Gasteiger partial charge in [0.15, 0.2) is 0 Å². The van der Waals surface area contributed by atoms with Gasteiger partial charge in [0.2, 0.25) is 0 Å². The molecule has 1 aromatic rings. The van der Waals surface area contributed by atoms with Gasteiger partial charge in [-0.15, -0.1) is 0 Å². The van der Waals surface area contributed by atoms with Gasteiger partial charge >= 0.3 is 0 Å². The quantitative estimate of drug-likeness (QED) is 0.750. The van der Waals surface area contributed by atoms with Crippen molar-refractivity contribution in [3.05, 3.63) is 29.8 Å². The van der Waals surface area contributed by atoms with Crippen molar-refractivity contribution in [2.75, 3.05) is 34.3 Å². The number of carbonyl (C=O) groups excluding carboxylic acids is 1. The second kappa shape index (κ2) is 7.71. The zero-order valence-corrected chi connectivity index (χ0v) is 11.4. The monoisotopic (exact) mass is 250 g/mol. The fourth-order valence-corrected chi connectivity index (χ4v) is 1.62. The largest absolute Gasteiger partial charge is 0.497 e. The van der Waals surface area contributed by atoms with Gasteiger partial charge in [-0.05, 0) is 51.7 Å². The number of benzene rings is 1. The maximum Gasteiger partial charge on any atom is 0.251 e. The normalized spacial score (nSPS) is 10.4. The average Bonchev–Trinajstić information content (AvgIpc) is 2.37. The second-order valence-electron chi connectivity index (χ2n) is 4.50. The molecule has 100 valence electrons. The lowest BCUT2D eigenvalue weighted by atomic mass is 10.2. The molecule has 0 saturated carbocycles. The summed E-state index contributed by atoms with van der Waals surface area (Å²) in [7, 11) is 5.70. The van der Waals surface area contributed by atoms with Crippen LogP contribution in [0.1, 0.15) is 23.2 Å². The van der Waals surface area contributed by atoms with E-state index < -0.39 is 0 Å². The Hall–Kier alpha value is -1.55. The maximum atomic E-state index is 11.8. The molecule has 0 fully saturated rings. The van der Waals surface area contributed by atoms with Gasteiger partial charge in [0.1, 0.15) is 5.75 Å². The molecule has 1 aromatic carbocycles. The van der Waals surface area contributed by atoms with Gasteiger partial charge in [-0.2, -0.15) is 0 Å². The zero-order chi connectivity index (χ0) is 13.4. The molecule has 1 rings (SSSR count). The highest BCUT2D eigenvalue weighted by molar-refractivity contribution is 5.94. The van der Waals surface area contributed by atoms with E-state index in [1.54, 1.807) is 19.2 Å². The molecule has 0 aromatic heterocycles. The second-order valence-corrected chi connectivity index (χ2v) is 4.50. The first-order valence-corrected chi connectivity index (χ1v) is 6.20. The molecular weight excluding hydrogens is 228 g/mol. The molecule has 4 heteroatoms. The fraction of sp³-hybridized carbons (Fsp3) is 0.500. The molecule has 0 saturated heterocycles. The third kappa shape index (κ3) is 5.19. The van der Waals surface area contributed by atoms with Crippen molar-refractivity contribution < 1.29 is 9.53 Å². The number of ether oxygens (including phenoxy) is 1. The van der Waals surface area contributed by atoms with E-state index in [0.29, 0.717) is 17.9 Å². The lowest BCUT2D eigenvalue weighted by Gasteiger charge is -2.09. The highest BCUT2D eigenvalue weighted by atomic mass is 16.5. The molecule has 1 N–H and O–H groups in total. The van der Waals surface area contributed by atoms with E-state index in [0.717, 1.165) is 19.4 Å². The van der Waals surface area contributed by atoms with Crippen LogP contribution >= 0.6 is 0 Å². The van der Waals surface area contributed by atoms with E-state index in [-0.39, 0.29) is 5.91 Å². The molecule has 0 unspecified atom stereocenters. The number of nitrogens with one attached hydrogen (secondary N) is 1. The summed E-state index contributed by atoms with van der Waals surface area (Å²) in [4.78, 5) is 14.0. The lowest BCUT2D eigenvalue weighted by molar-refractivity contribution is 0.0952. The summed E-state index contributed by atoms with van der Waals surface area (Å²) in [5.74, 6) is 0.661. The van der Waals surface area contributed by atoms with Crippen LogP contribution in [0.15, 0.2) is 24.3 Å². The summed E-state index contributed by atoms with van der Waals surface area (Å²) >= 11 is 0. The standard InChI is InChI=1S/C14H22N2O2/c1-16(2)10-5-4-9-15-14(17)12-7-6-8-13(11-12)18-3/h6-8,11H,4-5,9-10H2,1-3H3,(H,15,17). The van der Waals surface area contributed by atoms with Crippen LogP contribution in [-0.4, -0.2) is 45.1 Å². The van der Waals surface area contributed by atoms with Gasteiger partial charge in [0.25, 0.3) is 5.91 Å². The minimum Gasteiger partial charge on any atom is -0.497 e. The molecule has 0 spiro atoms. The van der Waals surface area contributed by atoms with Crippen LogP contribution in [-0.2, 0) is 0 Å². The van der Waals surface area contributed by atoms with Crippen LogP contribution < -0.4 is 10.1 Å². The molecule has 0 aliphatic carbocycles. The molecule has 0 aliphatic rings. The molecule has 0 bridgehead atoms. The maximum absolute atomic E-state index is 11.8. The highest BCUT2D eigenvalue weighted by Gasteiger charge is 2.05. The van der Waals surface area contributed by atoms with E-state index in [2.05, 4.69) is 24.3 Å². The Morgan fingerprint density at radius 1 is 1.33 bits per heavy atom. The number of unbranched alkanes of at least 4 members (excludes halogenated alkanes) is 1. The molecule has 0 heterocycles. The predicted octanol–water partition coefficient (Wildman–Crippen LogP) is 1.77. The first-order chi connectivity index (χ1) is 8.63. The number of carbonyl (C=O) groups is 1. The zero-order valence-electron chi connectivity index (χ0n) is 11.4. The lowest BCUT2D eigenvalue weighted by Crippen LogP contribution is -2.25. The van der Waals surface area contributed by atoms with E-state index in [1.807, 2.05) is 12.1 Å². The number of hydrogen-bond acceptors (Lipinski definition) is 3. The molecule has 0 atom stereocenters. The molecule has 0 aliphatic heterocycles. The van der Waals surface area contributed by atoms with E-state index >= 15 is 0 Å². The minimum atomic E-state index is -0.0428. The molecule has 0 radical (unpaired) electrons. The third-order valence-corrected chi connectivity index (χ3v) is 2.65. The van der Waals surface area contributed by atoms with Crippen molar-refractivity contribution in [1.29, 1.82) is 0 Å². The van der Waals surface area contributed by atoms with Crippen molar-refractivity contribution in [3.8, 4) is 5.75 Å². The Labute approximate surface area is 109 Å². The number of nitrogens with zero attached hydrogens (tertiary/aromatic N) is 1. The number of methoxy groups -OCH3 is 1. The number of amides is 1.